The van der Waals surface area contributed by atoms with Gasteiger partial charge in [-0.2, -0.15) is 0 Å². The summed E-state index contributed by atoms with van der Waals surface area (Å²) in [6.07, 6.45) is 0. The van der Waals surface area contributed by atoms with Gasteiger partial charge in [-0.1, -0.05) is 17.3 Å². The molecule has 2 rings (SSSR count). The maximum Gasteiger partial charge on any atom is 0.238 e. The number of aryl methyl sites for hydroxylation is 1. The van der Waals surface area contributed by atoms with Crippen LogP contribution in [-0.4, -0.2) is 17.6 Å². The van der Waals surface area contributed by atoms with Crippen molar-refractivity contribution in [3.8, 4) is 0 Å². The van der Waals surface area contributed by atoms with Crippen molar-refractivity contribution in [1.82, 2.24) is 10.5 Å². The molecule has 2 N–H and O–H groups in total. The van der Waals surface area contributed by atoms with Crippen molar-refractivity contribution in [3.05, 3.63) is 47.6 Å². The van der Waals surface area contributed by atoms with Gasteiger partial charge in [-0.05, 0) is 19.1 Å². The van der Waals surface area contributed by atoms with Crippen molar-refractivity contribution in [1.29, 1.82) is 0 Å². The summed E-state index contributed by atoms with van der Waals surface area (Å²) in [7, 11) is 0. The van der Waals surface area contributed by atoms with Crippen LogP contribution in [0.25, 0.3) is 0 Å². The van der Waals surface area contributed by atoms with Gasteiger partial charge in [0.05, 0.1) is 24.5 Å². The van der Waals surface area contributed by atoms with Gasteiger partial charge in [-0.15, -0.1) is 0 Å². The quantitative estimate of drug-likeness (QED) is 0.864. The van der Waals surface area contributed by atoms with E-state index >= 15 is 0 Å². The van der Waals surface area contributed by atoms with E-state index in [-0.39, 0.29) is 18.1 Å². The first-order chi connectivity index (χ1) is 9.15. The zero-order chi connectivity index (χ0) is 13.7. The molecule has 19 heavy (non-hydrogen) atoms. The summed E-state index contributed by atoms with van der Waals surface area (Å²) in [4.78, 5) is 11.6. The van der Waals surface area contributed by atoms with Crippen LogP contribution in [0.3, 0.4) is 0 Å². The van der Waals surface area contributed by atoms with Crippen molar-refractivity contribution < 1.29 is 13.7 Å². The van der Waals surface area contributed by atoms with Crippen LogP contribution in [-0.2, 0) is 11.3 Å². The number of hydrogen-bond acceptors (Lipinski definition) is 4. The summed E-state index contributed by atoms with van der Waals surface area (Å²) in [5, 5.41) is 9.09. The fraction of sp³-hybridized carbons (Fsp3) is 0.231. The highest BCUT2D eigenvalue weighted by Gasteiger charge is 2.06. The Kier molecular flexibility index (Phi) is 4.25. The molecule has 1 heterocycles. The Labute approximate surface area is 109 Å². The summed E-state index contributed by atoms with van der Waals surface area (Å²) in [6.45, 7) is 2.28. The van der Waals surface area contributed by atoms with Gasteiger partial charge in [-0.3, -0.25) is 4.79 Å². The standard InChI is InChI=1S/C13H14FN3O2/c1-9-6-10(19-17-9)7-15-8-13(18)16-12-5-3-2-4-11(12)14/h2-6,15H,7-8H2,1H3,(H,16,18). The van der Waals surface area contributed by atoms with Crippen molar-refractivity contribution in [2.75, 3.05) is 11.9 Å². The lowest BCUT2D eigenvalue weighted by atomic mass is 10.3. The number of nitrogens with zero attached hydrogens (tertiary/aromatic N) is 1. The van der Waals surface area contributed by atoms with Gasteiger partial charge in [0, 0.05) is 6.07 Å². The van der Waals surface area contributed by atoms with Crippen LogP contribution < -0.4 is 10.6 Å². The zero-order valence-electron chi connectivity index (χ0n) is 10.4. The number of halogens is 1. The third-order valence-corrected chi connectivity index (χ3v) is 2.41. The molecule has 1 amide bonds. The van der Waals surface area contributed by atoms with Crippen LogP contribution in [0.5, 0.6) is 0 Å². The Balaban J connectivity index is 1.77. The topological polar surface area (TPSA) is 67.2 Å². The Morgan fingerprint density at radius 3 is 2.89 bits per heavy atom. The minimum Gasteiger partial charge on any atom is -0.360 e. The average molecular weight is 263 g/mol. The number of carbonyl (C=O) groups excluding carboxylic acids is 1. The molecule has 5 nitrogen and oxygen atoms in total. The second-order valence-corrected chi connectivity index (χ2v) is 4.07. The first-order valence-electron chi connectivity index (χ1n) is 5.82. The monoisotopic (exact) mass is 263 g/mol. The largest absolute Gasteiger partial charge is 0.360 e. The smallest absolute Gasteiger partial charge is 0.238 e. The predicted octanol–water partition coefficient (Wildman–Crippen LogP) is 1.85. The van der Waals surface area contributed by atoms with Gasteiger partial charge in [0.25, 0.3) is 0 Å². The molecule has 0 unspecified atom stereocenters. The number of carbonyl (C=O) groups is 1. The average Bonchev–Trinajstić information content (AvgIpc) is 2.78. The molecule has 0 radical (unpaired) electrons. The van der Waals surface area contributed by atoms with E-state index in [1.165, 1.54) is 12.1 Å². The highest BCUT2D eigenvalue weighted by atomic mass is 19.1. The Morgan fingerprint density at radius 1 is 1.42 bits per heavy atom. The SMILES string of the molecule is Cc1cc(CNCC(=O)Nc2ccccc2F)on1. The highest BCUT2D eigenvalue weighted by Crippen LogP contribution is 2.11. The van der Waals surface area contributed by atoms with Crippen LogP contribution in [0.1, 0.15) is 11.5 Å². The van der Waals surface area contributed by atoms with Crippen molar-refractivity contribution in [2.45, 2.75) is 13.5 Å². The van der Waals surface area contributed by atoms with E-state index in [0.29, 0.717) is 12.3 Å². The maximum atomic E-state index is 13.3. The summed E-state index contributed by atoms with van der Waals surface area (Å²) >= 11 is 0. The molecular weight excluding hydrogens is 249 g/mol. The summed E-state index contributed by atoms with van der Waals surface area (Å²) in [5.41, 5.74) is 0.956. The lowest BCUT2D eigenvalue weighted by Crippen LogP contribution is -2.27. The number of aromatic nitrogens is 1. The molecular formula is C13H14FN3O2. The van der Waals surface area contributed by atoms with E-state index in [0.717, 1.165) is 5.69 Å². The first kappa shape index (κ1) is 13.2. The van der Waals surface area contributed by atoms with Gasteiger partial charge in [0.15, 0.2) is 5.76 Å². The molecule has 0 bridgehead atoms. The fourth-order valence-electron chi connectivity index (χ4n) is 1.56. The van der Waals surface area contributed by atoms with Gasteiger partial charge in [0.2, 0.25) is 5.91 Å². The van der Waals surface area contributed by atoms with Crippen molar-refractivity contribution in [2.24, 2.45) is 0 Å². The molecule has 0 saturated heterocycles. The van der Waals surface area contributed by atoms with Gasteiger partial charge < -0.3 is 15.2 Å². The maximum absolute atomic E-state index is 13.3. The lowest BCUT2D eigenvalue weighted by Gasteiger charge is -2.06. The van der Waals surface area contributed by atoms with Crippen LogP contribution in [0.2, 0.25) is 0 Å². The first-order valence-corrected chi connectivity index (χ1v) is 5.82. The predicted molar refractivity (Wildman–Crippen MR) is 68.0 cm³/mol. The second-order valence-electron chi connectivity index (χ2n) is 4.07. The van der Waals surface area contributed by atoms with Crippen molar-refractivity contribution >= 4 is 11.6 Å². The molecule has 0 aliphatic rings. The Morgan fingerprint density at radius 2 is 2.21 bits per heavy atom. The Hall–Kier alpha value is -2.21. The Bertz CT molecular complexity index is 569. The summed E-state index contributed by atoms with van der Waals surface area (Å²) in [5.74, 6) is -0.126. The van der Waals surface area contributed by atoms with Crippen LogP contribution in [0.4, 0.5) is 10.1 Å². The van der Waals surface area contributed by atoms with Crippen LogP contribution in [0.15, 0.2) is 34.9 Å². The number of nitrogens with one attached hydrogen (secondary N) is 2. The minimum absolute atomic E-state index is 0.0636. The molecule has 0 saturated carbocycles. The number of benzene rings is 1. The number of anilines is 1. The van der Waals surface area contributed by atoms with Crippen LogP contribution in [0, 0.1) is 12.7 Å². The summed E-state index contributed by atoms with van der Waals surface area (Å²) < 4.78 is 18.3. The second kappa shape index (κ2) is 6.10. The number of para-hydroxylation sites is 1. The molecule has 1 aromatic carbocycles. The fourth-order valence-corrected chi connectivity index (χ4v) is 1.56. The normalized spacial score (nSPS) is 10.4. The minimum atomic E-state index is -0.457. The van der Waals surface area contributed by atoms with E-state index < -0.39 is 5.82 Å². The number of amides is 1. The molecule has 0 aliphatic heterocycles. The zero-order valence-corrected chi connectivity index (χ0v) is 10.4. The van der Waals surface area contributed by atoms with E-state index in [4.69, 9.17) is 4.52 Å². The van der Waals surface area contributed by atoms with E-state index in [9.17, 15) is 9.18 Å². The van der Waals surface area contributed by atoms with E-state index in [2.05, 4.69) is 15.8 Å². The molecule has 0 aliphatic carbocycles. The van der Waals surface area contributed by atoms with Crippen molar-refractivity contribution in [3.63, 3.8) is 0 Å². The molecule has 1 aromatic heterocycles. The highest BCUT2D eigenvalue weighted by molar-refractivity contribution is 5.92. The third-order valence-electron chi connectivity index (χ3n) is 2.41. The molecule has 100 valence electrons. The molecule has 0 atom stereocenters. The van der Waals surface area contributed by atoms with Gasteiger partial charge in [0.1, 0.15) is 5.82 Å². The lowest BCUT2D eigenvalue weighted by molar-refractivity contribution is -0.115. The molecule has 0 fully saturated rings. The van der Waals surface area contributed by atoms with E-state index in [1.807, 2.05) is 6.92 Å². The number of hydrogen-bond donors (Lipinski definition) is 2. The van der Waals surface area contributed by atoms with E-state index in [1.54, 1.807) is 18.2 Å². The summed E-state index contributed by atoms with van der Waals surface area (Å²) in [6, 6.07) is 7.80. The number of rotatable bonds is 5. The van der Waals surface area contributed by atoms with Crippen LogP contribution >= 0.6 is 0 Å². The molecule has 0 spiro atoms. The van der Waals surface area contributed by atoms with Gasteiger partial charge >= 0.3 is 0 Å². The van der Waals surface area contributed by atoms with Gasteiger partial charge in [-0.25, -0.2) is 4.39 Å². The third kappa shape index (κ3) is 3.89. The molecule has 2 aromatic rings. The molecule has 6 heteroatoms.